The Morgan fingerprint density at radius 3 is 2.50 bits per heavy atom. The molecule has 94 valence electrons. The topological polar surface area (TPSA) is 75.7 Å². The van der Waals surface area contributed by atoms with Gasteiger partial charge in [-0.1, -0.05) is 0 Å². The molecule has 0 aromatic heterocycles. The Balaban J connectivity index is 2.38. The smallest absolute Gasteiger partial charge is 0.317 e. The molecule has 1 rings (SSSR count). The molecule has 1 atom stereocenters. The molecular weight excluding hydrogens is 232 g/mol. The van der Waals surface area contributed by atoms with Crippen LogP contribution in [-0.4, -0.2) is 63.7 Å². The Hall–Kier alpha value is -0.820. The number of morpholine rings is 1. The van der Waals surface area contributed by atoms with Crippen molar-refractivity contribution >= 4 is 15.9 Å². The van der Waals surface area contributed by atoms with Crippen LogP contribution in [0.4, 0.5) is 4.79 Å². The Morgan fingerprint density at radius 2 is 2.00 bits per heavy atom. The summed E-state index contributed by atoms with van der Waals surface area (Å²) in [6.07, 6.45) is 1.16. The monoisotopic (exact) mass is 250 g/mol. The number of hydrogen-bond donors (Lipinski definition) is 1. The molecule has 0 aliphatic carbocycles. The van der Waals surface area contributed by atoms with Gasteiger partial charge in [0.05, 0.1) is 19.0 Å². The number of rotatable bonds is 3. The average Bonchev–Trinajstić information content (AvgIpc) is 2.16. The summed E-state index contributed by atoms with van der Waals surface area (Å²) in [6, 6.07) is -0.593. The fourth-order valence-electron chi connectivity index (χ4n) is 1.56. The Labute approximate surface area is 95.9 Å². The largest absolute Gasteiger partial charge is 0.378 e. The first-order valence-electron chi connectivity index (χ1n) is 5.19. The van der Waals surface area contributed by atoms with Crippen molar-refractivity contribution in [1.82, 2.24) is 10.2 Å². The maximum absolute atomic E-state index is 11.7. The number of nitrogens with one attached hydrogen (secondary N) is 1. The molecule has 0 radical (unpaired) electrons. The molecule has 2 amide bonds. The van der Waals surface area contributed by atoms with Gasteiger partial charge >= 0.3 is 6.03 Å². The van der Waals surface area contributed by atoms with E-state index in [1.165, 1.54) is 0 Å². The zero-order valence-corrected chi connectivity index (χ0v) is 10.4. The van der Waals surface area contributed by atoms with Gasteiger partial charge in [0.1, 0.15) is 9.84 Å². The van der Waals surface area contributed by atoms with Crippen molar-refractivity contribution < 1.29 is 17.9 Å². The van der Waals surface area contributed by atoms with Crippen molar-refractivity contribution in [2.24, 2.45) is 0 Å². The molecule has 1 aliphatic heterocycles. The van der Waals surface area contributed by atoms with Crippen LogP contribution in [0.15, 0.2) is 0 Å². The van der Waals surface area contributed by atoms with E-state index in [4.69, 9.17) is 4.74 Å². The Morgan fingerprint density at radius 1 is 1.44 bits per heavy atom. The summed E-state index contributed by atoms with van der Waals surface area (Å²) in [7, 11) is -3.06. The standard InChI is InChI=1S/C9H18N2O4S/c1-8(7-16(2,13)14)10-9(12)11-3-5-15-6-4-11/h8H,3-7H2,1-2H3,(H,10,12). The number of carbonyl (C=O) groups is 1. The molecule has 1 fully saturated rings. The van der Waals surface area contributed by atoms with Crippen LogP contribution in [0.25, 0.3) is 0 Å². The summed E-state index contributed by atoms with van der Waals surface area (Å²) in [4.78, 5) is 13.3. The third kappa shape index (κ3) is 4.80. The highest BCUT2D eigenvalue weighted by Gasteiger charge is 2.19. The first-order chi connectivity index (χ1) is 7.38. The minimum Gasteiger partial charge on any atom is -0.378 e. The summed E-state index contributed by atoms with van der Waals surface area (Å²) >= 11 is 0. The highest BCUT2D eigenvalue weighted by Crippen LogP contribution is 1.98. The number of ether oxygens (including phenoxy) is 1. The fraction of sp³-hybridized carbons (Fsp3) is 0.889. The fourth-order valence-corrected chi connectivity index (χ4v) is 2.56. The van der Waals surface area contributed by atoms with Crippen molar-refractivity contribution in [3.05, 3.63) is 0 Å². The lowest BCUT2D eigenvalue weighted by atomic mass is 10.4. The molecule has 16 heavy (non-hydrogen) atoms. The average molecular weight is 250 g/mol. The van der Waals surface area contributed by atoms with Gasteiger partial charge < -0.3 is 15.0 Å². The molecule has 1 aliphatic rings. The lowest BCUT2D eigenvalue weighted by Crippen LogP contribution is -2.49. The van der Waals surface area contributed by atoms with E-state index in [1.807, 2.05) is 0 Å². The molecule has 6 nitrogen and oxygen atoms in total. The minimum absolute atomic E-state index is 0.0386. The van der Waals surface area contributed by atoms with Crippen LogP contribution in [0, 0.1) is 0 Å². The third-order valence-electron chi connectivity index (χ3n) is 2.22. The lowest BCUT2D eigenvalue weighted by Gasteiger charge is -2.28. The maximum atomic E-state index is 11.7. The second-order valence-electron chi connectivity index (χ2n) is 4.04. The molecule has 0 aromatic carbocycles. The van der Waals surface area contributed by atoms with E-state index in [2.05, 4.69) is 5.32 Å². The summed E-state index contributed by atoms with van der Waals surface area (Å²) in [5.41, 5.74) is 0. The summed E-state index contributed by atoms with van der Waals surface area (Å²) in [6.45, 7) is 3.86. The summed E-state index contributed by atoms with van der Waals surface area (Å²) < 4.78 is 27.1. The molecule has 1 saturated heterocycles. The van der Waals surface area contributed by atoms with Crippen molar-refractivity contribution in [2.75, 3.05) is 38.3 Å². The van der Waals surface area contributed by atoms with E-state index >= 15 is 0 Å². The number of nitrogens with zero attached hydrogens (tertiary/aromatic N) is 1. The van der Waals surface area contributed by atoms with Crippen LogP contribution in [0.2, 0.25) is 0 Å². The van der Waals surface area contributed by atoms with E-state index in [0.717, 1.165) is 6.26 Å². The molecule has 7 heteroatoms. The number of sulfone groups is 1. The summed E-state index contributed by atoms with van der Waals surface area (Å²) in [5.74, 6) is -0.0386. The third-order valence-corrected chi connectivity index (χ3v) is 3.33. The second kappa shape index (κ2) is 5.49. The van der Waals surface area contributed by atoms with Gasteiger partial charge in [-0.05, 0) is 6.92 Å². The van der Waals surface area contributed by atoms with E-state index in [1.54, 1.807) is 11.8 Å². The van der Waals surface area contributed by atoms with Gasteiger partial charge in [0.15, 0.2) is 0 Å². The zero-order valence-electron chi connectivity index (χ0n) is 9.60. The molecule has 1 heterocycles. The van der Waals surface area contributed by atoms with Gasteiger partial charge in [-0.15, -0.1) is 0 Å². The van der Waals surface area contributed by atoms with E-state index < -0.39 is 9.84 Å². The van der Waals surface area contributed by atoms with E-state index in [9.17, 15) is 13.2 Å². The Bertz CT molecular complexity index is 335. The highest BCUT2D eigenvalue weighted by molar-refractivity contribution is 7.90. The quantitative estimate of drug-likeness (QED) is 0.730. The van der Waals surface area contributed by atoms with Gasteiger partial charge in [0.25, 0.3) is 0 Å². The van der Waals surface area contributed by atoms with Crippen LogP contribution in [0.3, 0.4) is 0 Å². The van der Waals surface area contributed by atoms with Gasteiger partial charge in [-0.25, -0.2) is 13.2 Å². The number of carbonyl (C=O) groups excluding carboxylic acids is 1. The van der Waals surface area contributed by atoms with Crippen LogP contribution in [0.1, 0.15) is 6.92 Å². The zero-order chi connectivity index (χ0) is 12.2. The predicted octanol–water partition coefficient (Wildman–Crippen LogP) is -0.539. The van der Waals surface area contributed by atoms with Gasteiger partial charge in [0, 0.05) is 25.4 Å². The van der Waals surface area contributed by atoms with E-state index in [-0.39, 0.29) is 17.8 Å². The Kier molecular flexibility index (Phi) is 4.55. The van der Waals surface area contributed by atoms with Crippen LogP contribution < -0.4 is 5.32 Å². The molecule has 1 N–H and O–H groups in total. The normalized spacial score (nSPS) is 19.2. The molecular formula is C9H18N2O4S. The van der Waals surface area contributed by atoms with E-state index in [0.29, 0.717) is 26.3 Å². The first kappa shape index (κ1) is 13.2. The highest BCUT2D eigenvalue weighted by atomic mass is 32.2. The van der Waals surface area contributed by atoms with Crippen LogP contribution in [0.5, 0.6) is 0 Å². The minimum atomic E-state index is -3.06. The number of hydrogen-bond acceptors (Lipinski definition) is 4. The van der Waals surface area contributed by atoms with Gasteiger partial charge in [-0.3, -0.25) is 0 Å². The van der Waals surface area contributed by atoms with Crippen molar-refractivity contribution in [1.29, 1.82) is 0 Å². The molecule has 1 unspecified atom stereocenters. The number of amides is 2. The van der Waals surface area contributed by atoms with Gasteiger partial charge in [0.2, 0.25) is 0 Å². The predicted molar refractivity (Wildman–Crippen MR) is 60.1 cm³/mol. The molecule has 0 aromatic rings. The number of urea groups is 1. The second-order valence-corrected chi connectivity index (χ2v) is 6.23. The van der Waals surface area contributed by atoms with Crippen molar-refractivity contribution in [2.45, 2.75) is 13.0 Å². The molecule has 0 bridgehead atoms. The first-order valence-corrected chi connectivity index (χ1v) is 7.25. The maximum Gasteiger partial charge on any atom is 0.317 e. The lowest BCUT2D eigenvalue weighted by molar-refractivity contribution is 0.0528. The molecule has 0 saturated carbocycles. The van der Waals surface area contributed by atoms with Crippen LogP contribution in [-0.2, 0) is 14.6 Å². The van der Waals surface area contributed by atoms with Crippen molar-refractivity contribution in [3.63, 3.8) is 0 Å². The SMILES string of the molecule is CC(CS(C)(=O)=O)NC(=O)N1CCOCC1. The van der Waals surface area contributed by atoms with Crippen LogP contribution >= 0.6 is 0 Å². The molecule has 0 spiro atoms. The van der Waals surface area contributed by atoms with Gasteiger partial charge in [-0.2, -0.15) is 0 Å². The van der Waals surface area contributed by atoms with Crippen molar-refractivity contribution in [3.8, 4) is 0 Å². The summed E-state index contributed by atoms with van der Waals surface area (Å²) in [5, 5.41) is 2.66.